The van der Waals surface area contributed by atoms with Crippen LogP contribution >= 0.6 is 11.3 Å². The quantitative estimate of drug-likeness (QED) is 0.336. The van der Waals surface area contributed by atoms with Gasteiger partial charge < -0.3 is 0 Å². The lowest BCUT2D eigenvalue weighted by Gasteiger charge is -2.29. The van der Waals surface area contributed by atoms with Crippen LogP contribution in [0.25, 0.3) is 22.5 Å². The maximum atomic E-state index is 13.6. The van der Waals surface area contributed by atoms with Gasteiger partial charge in [0.25, 0.3) is 15.9 Å². The van der Waals surface area contributed by atoms with Crippen molar-refractivity contribution in [3.05, 3.63) is 77.0 Å². The molecule has 1 amide bonds. The number of fused-ring (bicyclic) bond motifs is 3. The van der Waals surface area contributed by atoms with Crippen LogP contribution in [0.15, 0.2) is 82.1 Å². The summed E-state index contributed by atoms with van der Waals surface area (Å²) >= 11 is 1.50. The van der Waals surface area contributed by atoms with E-state index in [-0.39, 0.29) is 4.90 Å². The van der Waals surface area contributed by atoms with E-state index in [0.717, 1.165) is 14.7 Å². The number of aromatic nitrogens is 2. The molecule has 10 heteroatoms. The number of hydrogen-bond donors (Lipinski definition) is 2. The van der Waals surface area contributed by atoms with E-state index >= 15 is 0 Å². The van der Waals surface area contributed by atoms with E-state index < -0.39 is 22.5 Å². The number of aromatic amines is 1. The van der Waals surface area contributed by atoms with E-state index in [0.29, 0.717) is 28.4 Å². The lowest BCUT2D eigenvalue weighted by Crippen LogP contribution is -2.41. The van der Waals surface area contributed by atoms with E-state index in [1.54, 1.807) is 25.1 Å². The molecule has 2 aromatic heterocycles. The van der Waals surface area contributed by atoms with Gasteiger partial charge in [0.2, 0.25) is 0 Å². The van der Waals surface area contributed by atoms with Gasteiger partial charge in [0.15, 0.2) is 0 Å². The third-order valence-electron chi connectivity index (χ3n) is 5.27. The summed E-state index contributed by atoms with van der Waals surface area (Å²) in [6, 6.07) is 19.7. The fourth-order valence-electron chi connectivity index (χ4n) is 3.72. The Labute approximate surface area is 194 Å². The van der Waals surface area contributed by atoms with Crippen LogP contribution in [0.2, 0.25) is 0 Å². The lowest BCUT2D eigenvalue weighted by atomic mass is 10.1. The molecule has 8 nitrogen and oxygen atoms in total. The number of amides is 1. The van der Waals surface area contributed by atoms with Crippen LogP contribution in [0.3, 0.4) is 0 Å². The average Bonchev–Trinajstić information content (AvgIpc) is 3.51. The minimum Gasteiger partial charge on any atom is -0.275 e. The monoisotopic (exact) mass is 477 g/mol. The molecule has 0 bridgehead atoms. The van der Waals surface area contributed by atoms with Gasteiger partial charge in [0, 0.05) is 16.0 Å². The summed E-state index contributed by atoms with van der Waals surface area (Å²) in [5, 5.41) is 13.4. The molecule has 0 saturated heterocycles. The molecular formula is C23H19N5O3S2. The maximum absolute atomic E-state index is 13.6. The number of benzene rings is 2. The number of nitrogens with zero attached hydrogens (tertiary/aromatic N) is 3. The highest BCUT2D eigenvalue weighted by Gasteiger charge is 2.39. The van der Waals surface area contributed by atoms with Gasteiger partial charge in [-0.3, -0.25) is 14.2 Å². The van der Waals surface area contributed by atoms with Gasteiger partial charge in [-0.15, -0.1) is 11.3 Å². The van der Waals surface area contributed by atoms with Gasteiger partial charge in [-0.1, -0.05) is 54.6 Å². The SMILES string of the molecule is C/C(=N\NC(=O)CN1c2c(-c3ccccc3)n[nH]c2-c2ccccc2S1(=O)=O)c1cccs1. The van der Waals surface area contributed by atoms with Crippen molar-refractivity contribution >= 4 is 38.7 Å². The Hall–Kier alpha value is -3.76. The number of carbonyl (C=O) groups is 1. The predicted molar refractivity (Wildman–Crippen MR) is 129 cm³/mol. The molecule has 0 spiro atoms. The van der Waals surface area contributed by atoms with Gasteiger partial charge in [-0.25, -0.2) is 13.8 Å². The van der Waals surface area contributed by atoms with Gasteiger partial charge in [0.05, 0.1) is 16.3 Å². The summed E-state index contributed by atoms with van der Waals surface area (Å²) in [7, 11) is -4.01. The molecule has 1 aliphatic heterocycles. The van der Waals surface area contributed by atoms with Crippen molar-refractivity contribution in [1.82, 2.24) is 15.6 Å². The number of hydrazone groups is 1. The fraction of sp³-hybridized carbons (Fsp3) is 0.0870. The number of anilines is 1. The summed E-state index contributed by atoms with van der Waals surface area (Å²) in [4.78, 5) is 13.8. The Bertz CT molecular complexity index is 1450. The second-order valence-electron chi connectivity index (χ2n) is 7.38. The zero-order chi connectivity index (χ0) is 23.0. The molecule has 0 radical (unpaired) electrons. The summed E-state index contributed by atoms with van der Waals surface area (Å²) < 4.78 is 28.3. The highest BCUT2D eigenvalue weighted by Crippen LogP contribution is 2.46. The summed E-state index contributed by atoms with van der Waals surface area (Å²) in [6.45, 7) is 1.34. The number of thiophene rings is 1. The summed E-state index contributed by atoms with van der Waals surface area (Å²) in [5.41, 5.74) is 5.72. The first kappa shape index (κ1) is 21.1. The van der Waals surface area contributed by atoms with Crippen LogP contribution in [-0.4, -0.2) is 36.8 Å². The van der Waals surface area contributed by atoms with Gasteiger partial charge >= 0.3 is 0 Å². The molecule has 4 aromatic rings. The topological polar surface area (TPSA) is 108 Å². The van der Waals surface area contributed by atoms with Crippen LogP contribution in [-0.2, 0) is 14.8 Å². The Morgan fingerprint density at radius 3 is 2.61 bits per heavy atom. The molecule has 0 fully saturated rings. The standard InChI is InChI=1S/C23H19N5O3S2/c1-15(18-11-7-13-32-18)24-25-20(29)14-28-23-21(16-8-3-2-4-9-16)26-27-22(23)17-10-5-6-12-19(17)33(28,30)31/h2-13H,14H2,1H3,(H,25,29)(H,26,27)/b24-15+. The first-order valence-electron chi connectivity index (χ1n) is 10.1. The van der Waals surface area contributed by atoms with Crippen molar-refractivity contribution in [1.29, 1.82) is 0 Å². The largest absolute Gasteiger partial charge is 0.275 e. The van der Waals surface area contributed by atoms with E-state index in [1.807, 2.05) is 47.8 Å². The van der Waals surface area contributed by atoms with Crippen molar-refractivity contribution in [2.24, 2.45) is 5.10 Å². The van der Waals surface area contributed by atoms with Crippen LogP contribution in [0.5, 0.6) is 0 Å². The number of H-pyrrole nitrogens is 1. The van der Waals surface area contributed by atoms with Gasteiger partial charge in [0.1, 0.15) is 17.9 Å². The minimum absolute atomic E-state index is 0.117. The predicted octanol–water partition coefficient (Wildman–Crippen LogP) is 3.85. The van der Waals surface area contributed by atoms with E-state index in [4.69, 9.17) is 0 Å². The Morgan fingerprint density at radius 2 is 1.85 bits per heavy atom. The van der Waals surface area contributed by atoms with Crippen LogP contribution in [0.4, 0.5) is 5.69 Å². The molecule has 2 aromatic carbocycles. The summed E-state index contributed by atoms with van der Waals surface area (Å²) in [5.74, 6) is -0.556. The van der Waals surface area contributed by atoms with Crippen LogP contribution < -0.4 is 9.73 Å². The first-order chi connectivity index (χ1) is 16.0. The van der Waals surface area contributed by atoms with E-state index in [2.05, 4.69) is 20.7 Å². The number of rotatable bonds is 5. The number of sulfonamides is 1. The Kier molecular flexibility index (Phi) is 5.31. The molecular weight excluding hydrogens is 458 g/mol. The first-order valence-corrected chi connectivity index (χ1v) is 12.4. The van der Waals surface area contributed by atoms with Crippen molar-refractivity contribution in [2.45, 2.75) is 11.8 Å². The maximum Gasteiger partial charge on any atom is 0.265 e. The second-order valence-corrected chi connectivity index (χ2v) is 10.2. The number of nitrogens with one attached hydrogen (secondary N) is 2. The molecule has 3 heterocycles. The smallest absolute Gasteiger partial charge is 0.265 e. The number of hydrogen-bond acceptors (Lipinski definition) is 6. The average molecular weight is 478 g/mol. The molecule has 0 unspecified atom stereocenters. The van der Waals surface area contributed by atoms with Crippen molar-refractivity contribution in [2.75, 3.05) is 10.8 Å². The normalized spacial score (nSPS) is 14.5. The van der Waals surface area contributed by atoms with Gasteiger partial charge in [-0.05, 0) is 24.4 Å². The molecule has 166 valence electrons. The lowest BCUT2D eigenvalue weighted by molar-refractivity contribution is -0.119. The molecule has 2 N–H and O–H groups in total. The minimum atomic E-state index is -4.01. The highest BCUT2D eigenvalue weighted by atomic mass is 32.2. The van der Waals surface area contributed by atoms with Crippen molar-refractivity contribution < 1.29 is 13.2 Å². The molecule has 0 atom stereocenters. The molecule has 0 saturated carbocycles. The zero-order valence-corrected chi connectivity index (χ0v) is 19.2. The molecule has 5 rings (SSSR count). The fourth-order valence-corrected chi connectivity index (χ4v) is 6.03. The van der Waals surface area contributed by atoms with Crippen molar-refractivity contribution in [3.63, 3.8) is 0 Å². The van der Waals surface area contributed by atoms with Gasteiger partial charge in [-0.2, -0.15) is 10.2 Å². The second kappa shape index (κ2) is 8.30. The highest BCUT2D eigenvalue weighted by molar-refractivity contribution is 7.93. The van der Waals surface area contributed by atoms with E-state index in [9.17, 15) is 13.2 Å². The number of carbonyl (C=O) groups excluding carboxylic acids is 1. The molecule has 0 aliphatic carbocycles. The van der Waals surface area contributed by atoms with Crippen molar-refractivity contribution in [3.8, 4) is 22.5 Å². The Morgan fingerprint density at radius 1 is 1.09 bits per heavy atom. The molecule has 1 aliphatic rings. The zero-order valence-electron chi connectivity index (χ0n) is 17.5. The van der Waals surface area contributed by atoms with Crippen LogP contribution in [0, 0.1) is 0 Å². The third-order valence-corrected chi connectivity index (χ3v) is 8.06. The Balaban J connectivity index is 1.56. The van der Waals surface area contributed by atoms with Crippen LogP contribution in [0.1, 0.15) is 11.8 Å². The van der Waals surface area contributed by atoms with E-state index in [1.165, 1.54) is 17.4 Å². The summed E-state index contributed by atoms with van der Waals surface area (Å²) in [6.07, 6.45) is 0. The third kappa shape index (κ3) is 3.73. The molecule has 33 heavy (non-hydrogen) atoms.